The van der Waals surface area contributed by atoms with Crippen molar-refractivity contribution < 1.29 is 23.1 Å². The first-order chi connectivity index (χ1) is 14.1. The molecule has 2 N–H and O–H groups in total. The number of rotatable bonds is 7. The number of carboxylic acids is 1. The van der Waals surface area contributed by atoms with E-state index in [-0.39, 0.29) is 41.1 Å². The van der Waals surface area contributed by atoms with Crippen LogP contribution in [0.2, 0.25) is 0 Å². The molecule has 2 aliphatic rings. The Labute approximate surface area is 167 Å². The minimum absolute atomic E-state index is 0.0353. The van der Waals surface area contributed by atoms with Gasteiger partial charge in [-0.25, -0.2) is 9.78 Å². The summed E-state index contributed by atoms with van der Waals surface area (Å²) in [5.41, 5.74) is -2.38. The van der Waals surface area contributed by atoms with Gasteiger partial charge in [-0.1, -0.05) is 12.8 Å². The minimum Gasteiger partial charge on any atom is -0.481 e. The summed E-state index contributed by atoms with van der Waals surface area (Å²) in [5, 5.41) is 8.68. The Morgan fingerprint density at radius 3 is 2.50 bits per heavy atom. The number of hydrogen-bond acceptors (Lipinski definition) is 5. The van der Waals surface area contributed by atoms with Crippen molar-refractivity contribution in [2.75, 3.05) is 0 Å². The Balaban J connectivity index is 2.08. The molecule has 30 heavy (non-hydrogen) atoms. The summed E-state index contributed by atoms with van der Waals surface area (Å²) in [5.74, 6) is -0.976. The Morgan fingerprint density at radius 1 is 1.13 bits per heavy atom. The van der Waals surface area contributed by atoms with Gasteiger partial charge in [0.1, 0.15) is 0 Å². The third-order valence-corrected chi connectivity index (χ3v) is 4.78. The van der Waals surface area contributed by atoms with Crippen molar-refractivity contribution in [1.82, 2.24) is 19.5 Å². The third kappa shape index (κ3) is 4.50. The van der Waals surface area contributed by atoms with Crippen LogP contribution in [-0.4, -0.2) is 30.6 Å². The highest BCUT2D eigenvalue weighted by Crippen LogP contribution is 2.35. The fraction of sp³-hybridized carbons (Fsp3) is 0.421. The van der Waals surface area contributed by atoms with Gasteiger partial charge in [-0.2, -0.15) is 18.2 Å². The summed E-state index contributed by atoms with van der Waals surface area (Å²) in [6.07, 6.45) is -2.31. The summed E-state index contributed by atoms with van der Waals surface area (Å²) < 4.78 is 41.6. The highest BCUT2D eigenvalue weighted by molar-refractivity contribution is 5.81. The quantitative estimate of drug-likeness (QED) is 0.445. The lowest BCUT2D eigenvalue weighted by Gasteiger charge is -2.19. The maximum Gasteiger partial charge on any atom is 0.416 e. The molecule has 0 spiro atoms. The number of halogens is 3. The van der Waals surface area contributed by atoms with Gasteiger partial charge in [0.05, 0.1) is 16.6 Å². The molecule has 0 saturated carbocycles. The van der Waals surface area contributed by atoms with Crippen LogP contribution < -0.4 is 11.2 Å². The van der Waals surface area contributed by atoms with Gasteiger partial charge in [0.15, 0.2) is 11.5 Å². The summed E-state index contributed by atoms with van der Waals surface area (Å²) in [7, 11) is 0. The molecule has 1 aromatic carbocycles. The van der Waals surface area contributed by atoms with Gasteiger partial charge < -0.3 is 9.67 Å². The molecule has 0 amide bonds. The van der Waals surface area contributed by atoms with Crippen molar-refractivity contribution >= 4 is 17.0 Å². The van der Waals surface area contributed by atoms with Crippen LogP contribution in [0.3, 0.4) is 0 Å². The van der Waals surface area contributed by atoms with E-state index in [1.165, 1.54) is 17.6 Å². The fourth-order valence-electron chi connectivity index (χ4n) is 3.38. The maximum absolute atomic E-state index is 13.4. The van der Waals surface area contributed by atoms with Crippen LogP contribution in [0, 0.1) is 6.92 Å². The number of aromatic amines is 1. The second-order valence-electron chi connectivity index (χ2n) is 7.02. The number of H-pyrrole nitrogens is 1. The molecule has 0 bridgehead atoms. The molecule has 0 aromatic heterocycles. The van der Waals surface area contributed by atoms with E-state index in [1.807, 2.05) is 4.98 Å². The number of aryl methyl sites for hydroxylation is 2. The fourth-order valence-corrected chi connectivity index (χ4v) is 3.38. The van der Waals surface area contributed by atoms with E-state index in [2.05, 4.69) is 9.97 Å². The summed E-state index contributed by atoms with van der Waals surface area (Å²) in [6, 6.07) is 2.21. The molecule has 1 aromatic rings. The molecule has 0 atom stereocenters. The van der Waals surface area contributed by atoms with E-state index < -0.39 is 29.0 Å². The monoisotopic (exact) mass is 424 g/mol. The van der Waals surface area contributed by atoms with Crippen LogP contribution in [0.15, 0.2) is 21.7 Å². The average molecular weight is 424 g/mol. The van der Waals surface area contributed by atoms with Gasteiger partial charge in [0.25, 0.3) is 5.56 Å². The first kappa shape index (κ1) is 21.5. The number of nitrogens with zero attached hydrogens (tertiary/aromatic N) is 3. The number of alkyl halides is 3. The molecule has 0 unspecified atom stereocenters. The Morgan fingerprint density at radius 2 is 1.83 bits per heavy atom. The van der Waals surface area contributed by atoms with E-state index >= 15 is 0 Å². The highest BCUT2D eigenvalue weighted by atomic mass is 19.4. The highest BCUT2D eigenvalue weighted by Gasteiger charge is 2.33. The van der Waals surface area contributed by atoms with Gasteiger partial charge in [-0.05, 0) is 37.5 Å². The smallest absolute Gasteiger partial charge is 0.416 e. The third-order valence-electron chi connectivity index (χ3n) is 4.78. The summed E-state index contributed by atoms with van der Waals surface area (Å²) >= 11 is 0. The number of unbranched alkanes of at least 4 members (excludes halogenated alkanes) is 3. The zero-order valence-corrected chi connectivity index (χ0v) is 16.0. The van der Waals surface area contributed by atoms with E-state index in [0.29, 0.717) is 25.7 Å². The van der Waals surface area contributed by atoms with E-state index in [1.54, 1.807) is 0 Å². The van der Waals surface area contributed by atoms with Crippen LogP contribution in [0.25, 0.3) is 22.6 Å². The topological polar surface area (TPSA) is 118 Å². The van der Waals surface area contributed by atoms with Crippen molar-refractivity contribution in [3.8, 4) is 11.5 Å². The molecule has 0 saturated heterocycles. The molecule has 0 aliphatic carbocycles. The minimum atomic E-state index is -4.58. The number of nitrogens with one attached hydrogen (secondary N) is 1. The van der Waals surface area contributed by atoms with Crippen LogP contribution in [0.5, 0.6) is 0 Å². The van der Waals surface area contributed by atoms with E-state index in [0.717, 1.165) is 6.07 Å². The molecule has 3 rings (SSSR count). The second kappa shape index (κ2) is 8.25. The predicted octanol–water partition coefficient (Wildman–Crippen LogP) is 2.95. The number of fused-ring (bicyclic) bond motifs is 2. The Bertz CT molecular complexity index is 1180. The van der Waals surface area contributed by atoms with Crippen molar-refractivity contribution in [1.29, 1.82) is 0 Å². The number of carboxylic acid groups (broad SMARTS) is 1. The molecule has 160 valence electrons. The maximum atomic E-state index is 13.4. The lowest BCUT2D eigenvalue weighted by molar-refractivity contribution is -0.138. The van der Waals surface area contributed by atoms with Gasteiger partial charge in [-0.3, -0.25) is 14.6 Å². The average Bonchev–Trinajstić information content (AvgIpc) is 2.62. The SMILES string of the molecule is Cc1cc2nc3c(=O)[nH]c(=O)nc-3n(CCCCCCC(=O)O)c2cc1C(F)(F)F. The van der Waals surface area contributed by atoms with Crippen LogP contribution >= 0.6 is 0 Å². The standard InChI is InChI=1S/C19H19F3N4O4/c1-10-8-12-13(9-11(10)19(20,21)22)26(7-5-3-2-4-6-14(27)28)16-15(23-12)17(29)25-18(30)24-16/h8-9H,2-7H2,1H3,(H,27,28)(H,25,29,30). The normalized spacial score (nSPS) is 12.0. The molecule has 11 heteroatoms. The first-order valence-corrected chi connectivity index (χ1v) is 9.32. The first-order valence-electron chi connectivity index (χ1n) is 9.32. The molecule has 2 heterocycles. The molecular formula is C19H19F3N4O4. The van der Waals surface area contributed by atoms with E-state index in [4.69, 9.17) is 5.11 Å². The van der Waals surface area contributed by atoms with Gasteiger partial charge in [0, 0.05) is 13.0 Å². The second-order valence-corrected chi connectivity index (χ2v) is 7.02. The van der Waals surface area contributed by atoms with Crippen molar-refractivity contribution in [2.45, 2.75) is 51.7 Å². The summed E-state index contributed by atoms with van der Waals surface area (Å²) in [4.78, 5) is 44.4. The number of aromatic nitrogens is 4. The van der Waals surface area contributed by atoms with Crippen LogP contribution in [0.4, 0.5) is 13.2 Å². The number of hydrogen-bond donors (Lipinski definition) is 2. The van der Waals surface area contributed by atoms with E-state index in [9.17, 15) is 27.6 Å². The summed E-state index contributed by atoms with van der Waals surface area (Å²) in [6.45, 7) is 1.50. The Hall–Kier alpha value is -3.24. The van der Waals surface area contributed by atoms with Gasteiger partial charge in [-0.15, -0.1) is 0 Å². The largest absolute Gasteiger partial charge is 0.481 e. The van der Waals surface area contributed by atoms with Crippen LogP contribution in [-0.2, 0) is 17.5 Å². The van der Waals surface area contributed by atoms with Crippen LogP contribution in [0.1, 0.15) is 43.2 Å². The predicted molar refractivity (Wildman–Crippen MR) is 102 cm³/mol. The Kier molecular flexibility index (Phi) is 5.90. The van der Waals surface area contributed by atoms with Crippen molar-refractivity contribution in [3.63, 3.8) is 0 Å². The van der Waals surface area contributed by atoms with Gasteiger partial charge >= 0.3 is 17.8 Å². The molecule has 8 nitrogen and oxygen atoms in total. The van der Waals surface area contributed by atoms with Crippen molar-refractivity contribution in [2.24, 2.45) is 0 Å². The zero-order chi connectivity index (χ0) is 22.1. The van der Waals surface area contributed by atoms with Crippen molar-refractivity contribution in [3.05, 3.63) is 44.1 Å². The number of carbonyl (C=O) groups is 1. The lowest BCUT2D eigenvalue weighted by atomic mass is 10.1. The number of benzene rings is 1. The molecule has 0 radical (unpaired) electrons. The molecular weight excluding hydrogens is 405 g/mol. The van der Waals surface area contributed by atoms with Gasteiger partial charge in [0.2, 0.25) is 0 Å². The zero-order valence-electron chi connectivity index (χ0n) is 16.0. The number of aliphatic carboxylic acids is 1. The molecule has 2 aliphatic heterocycles. The molecule has 0 fully saturated rings. The lowest BCUT2D eigenvalue weighted by Crippen LogP contribution is -2.29.